The van der Waals surface area contributed by atoms with Crippen molar-refractivity contribution in [2.75, 3.05) is 12.4 Å². The molecular weight excluding hydrogens is 394 g/mol. The van der Waals surface area contributed by atoms with Crippen molar-refractivity contribution in [3.8, 4) is 0 Å². The van der Waals surface area contributed by atoms with Crippen molar-refractivity contribution in [3.63, 3.8) is 0 Å². The van der Waals surface area contributed by atoms with Crippen molar-refractivity contribution in [1.29, 1.82) is 0 Å². The van der Waals surface area contributed by atoms with Gasteiger partial charge in [-0.3, -0.25) is 18.7 Å². The maximum atomic E-state index is 13.1. The molecule has 3 rings (SSSR count). The van der Waals surface area contributed by atoms with Crippen LogP contribution in [-0.2, 0) is 13.1 Å². The van der Waals surface area contributed by atoms with E-state index >= 15 is 0 Å². The highest BCUT2D eigenvalue weighted by molar-refractivity contribution is 6.30. The molecule has 0 spiro atoms. The van der Waals surface area contributed by atoms with Crippen molar-refractivity contribution in [2.45, 2.75) is 40.3 Å². The number of halogens is 1. The van der Waals surface area contributed by atoms with E-state index < -0.39 is 11.2 Å². The van der Waals surface area contributed by atoms with Crippen molar-refractivity contribution in [3.05, 3.63) is 55.7 Å². The largest absolute Gasteiger partial charge is 0.372 e. The second kappa shape index (κ2) is 8.24. The molecule has 2 heterocycles. The summed E-state index contributed by atoms with van der Waals surface area (Å²) in [5.74, 6) is -0.315. The molecule has 0 aliphatic heterocycles. The van der Waals surface area contributed by atoms with Crippen molar-refractivity contribution in [2.24, 2.45) is 5.92 Å². The molecule has 8 nitrogen and oxygen atoms in total. The number of rotatable bonds is 6. The molecule has 2 aromatic heterocycles. The summed E-state index contributed by atoms with van der Waals surface area (Å²) >= 11 is 6.09. The average Bonchev–Trinajstić information content (AvgIpc) is 3.07. The van der Waals surface area contributed by atoms with E-state index in [2.05, 4.69) is 10.4 Å². The number of hydrogen-bond donors (Lipinski definition) is 1. The highest BCUT2D eigenvalue weighted by atomic mass is 35.5. The maximum absolute atomic E-state index is 13.1. The molecule has 0 saturated carbocycles. The topological polar surface area (TPSA) is 90.9 Å². The van der Waals surface area contributed by atoms with Crippen LogP contribution in [0.4, 0.5) is 5.82 Å². The van der Waals surface area contributed by atoms with E-state index in [-0.39, 0.29) is 41.8 Å². The van der Waals surface area contributed by atoms with E-state index in [9.17, 15) is 14.4 Å². The van der Waals surface area contributed by atoms with Crippen LogP contribution in [0, 0.1) is 5.92 Å². The molecule has 0 atom stereocenters. The molecule has 1 aromatic carbocycles. The van der Waals surface area contributed by atoms with Crippen LogP contribution in [0.5, 0.6) is 0 Å². The lowest BCUT2D eigenvalue weighted by molar-refractivity contribution is 0.0842. The van der Waals surface area contributed by atoms with Crippen LogP contribution in [-0.4, -0.2) is 31.9 Å². The lowest BCUT2D eigenvalue weighted by atomic mass is 10.2. The summed E-state index contributed by atoms with van der Waals surface area (Å²) in [5, 5.41) is 8.05. The quantitative estimate of drug-likeness (QED) is 0.665. The number of nitrogens with zero attached hydrogens (tertiary/aromatic N) is 4. The van der Waals surface area contributed by atoms with Crippen LogP contribution in [0.15, 0.2) is 33.9 Å². The fraction of sp³-hybridized carbons (Fsp3) is 0.400. The SMILES string of the molecule is CCCn1c(=O)c2c(NC)n(C(=O)C(C)C)nc2n(Cc2cccc(Cl)c2)c1=O. The minimum atomic E-state index is -0.464. The Bertz CT molecular complexity index is 1190. The molecule has 0 bridgehead atoms. The number of nitrogens with one attached hydrogen (secondary N) is 1. The highest BCUT2D eigenvalue weighted by Gasteiger charge is 2.25. The number of fused-ring (bicyclic) bond motifs is 1. The monoisotopic (exact) mass is 417 g/mol. The summed E-state index contributed by atoms with van der Waals surface area (Å²) in [7, 11) is 1.62. The second-order valence-electron chi connectivity index (χ2n) is 7.16. The Morgan fingerprint density at radius 3 is 2.55 bits per heavy atom. The van der Waals surface area contributed by atoms with Gasteiger partial charge in [0.2, 0.25) is 0 Å². The van der Waals surface area contributed by atoms with Gasteiger partial charge in [-0.1, -0.05) is 44.5 Å². The van der Waals surface area contributed by atoms with E-state index in [1.807, 2.05) is 13.0 Å². The third kappa shape index (κ3) is 3.72. The molecule has 154 valence electrons. The second-order valence-corrected chi connectivity index (χ2v) is 7.59. The van der Waals surface area contributed by atoms with Crippen LogP contribution >= 0.6 is 11.6 Å². The van der Waals surface area contributed by atoms with Crippen molar-refractivity contribution in [1.82, 2.24) is 18.9 Å². The Hall–Kier alpha value is -2.87. The summed E-state index contributed by atoms with van der Waals surface area (Å²) in [6, 6.07) is 7.14. The molecule has 0 amide bonds. The van der Waals surface area contributed by atoms with Crippen LogP contribution in [0.3, 0.4) is 0 Å². The molecule has 0 fully saturated rings. The van der Waals surface area contributed by atoms with Gasteiger partial charge >= 0.3 is 5.69 Å². The summed E-state index contributed by atoms with van der Waals surface area (Å²) in [6.07, 6.45) is 0.617. The predicted molar refractivity (Wildman–Crippen MR) is 114 cm³/mol. The first-order chi connectivity index (χ1) is 13.8. The van der Waals surface area contributed by atoms with Gasteiger partial charge in [-0.15, -0.1) is 5.10 Å². The lowest BCUT2D eigenvalue weighted by Crippen LogP contribution is -2.40. The fourth-order valence-corrected chi connectivity index (χ4v) is 3.48. The zero-order valence-electron chi connectivity index (χ0n) is 16.9. The van der Waals surface area contributed by atoms with Gasteiger partial charge in [0.05, 0.1) is 6.54 Å². The molecule has 0 radical (unpaired) electrons. The van der Waals surface area contributed by atoms with Crippen molar-refractivity contribution < 1.29 is 4.79 Å². The van der Waals surface area contributed by atoms with E-state index in [0.717, 1.165) is 5.56 Å². The predicted octanol–water partition coefficient (Wildman–Crippen LogP) is 2.81. The number of benzene rings is 1. The average molecular weight is 418 g/mol. The molecule has 1 N–H and O–H groups in total. The summed E-state index contributed by atoms with van der Waals surface area (Å²) in [6.45, 7) is 5.85. The van der Waals surface area contributed by atoms with Gasteiger partial charge < -0.3 is 5.32 Å². The maximum Gasteiger partial charge on any atom is 0.333 e. The first-order valence-corrected chi connectivity index (χ1v) is 9.90. The van der Waals surface area contributed by atoms with Crippen LogP contribution in [0.2, 0.25) is 5.02 Å². The van der Waals surface area contributed by atoms with Gasteiger partial charge in [0.25, 0.3) is 11.5 Å². The van der Waals surface area contributed by atoms with Gasteiger partial charge in [-0.25, -0.2) is 4.79 Å². The lowest BCUT2D eigenvalue weighted by Gasteiger charge is -2.11. The number of carbonyl (C=O) groups excluding carboxylic acids is 1. The Kier molecular flexibility index (Phi) is 5.93. The first-order valence-electron chi connectivity index (χ1n) is 9.52. The third-order valence-electron chi connectivity index (χ3n) is 4.66. The van der Waals surface area contributed by atoms with Crippen LogP contribution in [0.1, 0.15) is 37.6 Å². The number of hydrogen-bond acceptors (Lipinski definition) is 5. The zero-order chi connectivity index (χ0) is 21.3. The normalized spacial score (nSPS) is 11.4. The molecule has 0 aliphatic rings. The van der Waals surface area contributed by atoms with Gasteiger partial charge in [0, 0.05) is 24.5 Å². The van der Waals surface area contributed by atoms with Gasteiger partial charge in [-0.05, 0) is 24.1 Å². The van der Waals surface area contributed by atoms with Crippen LogP contribution in [0.25, 0.3) is 11.0 Å². The Morgan fingerprint density at radius 2 is 1.97 bits per heavy atom. The summed E-state index contributed by atoms with van der Waals surface area (Å²) < 4.78 is 3.80. The molecule has 0 aliphatic carbocycles. The van der Waals surface area contributed by atoms with Crippen molar-refractivity contribution >= 4 is 34.4 Å². The summed E-state index contributed by atoms with van der Waals surface area (Å²) in [5.41, 5.74) is 0.0407. The standard InChI is InChI=1S/C20H24ClN5O3/c1-5-9-24-19(28)15-16(22-4)26(18(27)12(2)3)23-17(15)25(20(24)29)11-13-7-6-8-14(21)10-13/h6-8,10,12,22H,5,9,11H2,1-4H3. The zero-order valence-corrected chi connectivity index (χ0v) is 17.7. The van der Waals surface area contributed by atoms with Crippen LogP contribution < -0.4 is 16.6 Å². The molecular formula is C20H24ClN5O3. The van der Waals surface area contributed by atoms with Gasteiger partial charge in [0.1, 0.15) is 11.2 Å². The van der Waals surface area contributed by atoms with E-state index in [4.69, 9.17) is 11.6 Å². The number of aromatic nitrogens is 4. The first kappa shape index (κ1) is 20.9. The molecule has 0 saturated heterocycles. The molecule has 3 aromatic rings. The smallest absolute Gasteiger partial charge is 0.333 e. The number of carbonyl (C=O) groups is 1. The summed E-state index contributed by atoms with van der Waals surface area (Å²) in [4.78, 5) is 38.9. The van der Waals surface area contributed by atoms with E-state index in [1.165, 1.54) is 13.8 Å². The molecule has 29 heavy (non-hydrogen) atoms. The molecule has 9 heteroatoms. The number of anilines is 1. The van der Waals surface area contributed by atoms with Gasteiger partial charge in [-0.2, -0.15) is 4.68 Å². The Balaban J connectivity index is 2.38. The van der Waals surface area contributed by atoms with E-state index in [1.54, 1.807) is 39.1 Å². The minimum Gasteiger partial charge on any atom is -0.372 e. The third-order valence-corrected chi connectivity index (χ3v) is 4.89. The van der Waals surface area contributed by atoms with E-state index in [0.29, 0.717) is 11.4 Å². The Morgan fingerprint density at radius 1 is 1.24 bits per heavy atom. The highest BCUT2D eigenvalue weighted by Crippen LogP contribution is 2.21. The minimum absolute atomic E-state index is 0.172. The Labute approximate surface area is 172 Å². The fourth-order valence-electron chi connectivity index (χ4n) is 3.27. The van der Waals surface area contributed by atoms with Gasteiger partial charge in [0.15, 0.2) is 5.65 Å². The molecule has 0 unspecified atom stereocenters.